The van der Waals surface area contributed by atoms with E-state index in [0.717, 1.165) is 12.8 Å². The van der Waals surface area contributed by atoms with Crippen molar-refractivity contribution in [2.24, 2.45) is 5.41 Å². The van der Waals surface area contributed by atoms with Crippen molar-refractivity contribution in [3.8, 4) is 0 Å². The first kappa shape index (κ1) is 9.00. The molecule has 0 aromatic heterocycles. The Morgan fingerprint density at radius 2 is 1.44 bits per heavy atom. The van der Waals surface area contributed by atoms with E-state index in [1.54, 1.807) is 0 Å². The summed E-state index contributed by atoms with van der Waals surface area (Å²) in [6.45, 7) is 15.8. The molecule has 0 nitrogen and oxygen atoms in total. The normalized spacial score (nSPS) is 12.7. The van der Waals surface area contributed by atoms with Crippen LogP contribution in [0.4, 0.5) is 0 Å². The Morgan fingerprint density at radius 3 is 1.44 bits per heavy atom. The van der Waals surface area contributed by atoms with E-state index in [1.807, 2.05) is 0 Å². The maximum absolute atomic E-state index is 3.85. The van der Waals surface area contributed by atoms with Gasteiger partial charge in [0.2, 0.25) is 0 Å². The molecule has 52 valence electrons. The molecule has 0 unspecified atom stereocenters. The summed E-state index contributed by atoms with van der Waals surface area (Å²) in [6.07, 6.45) is 2.10. The van der Waals surface area contributed by atoms with Crippen molar-refractivity contribution >= 4 is 0 Å². The van der Waals surface area contributed by atoms with E-state index in [-0.39, 0.29) is 5.41 Å². The molecular formula is C9H16. The predicted molar refractivity (Wildman–Crippen MR) is 42.3 cm³/mol. The molecule has 9 heavy (non-hydrogen) atoms. The lowest BCUT2D eigenvalue weighted by Crippen LogP contribution is -2.17. The molecule has 0 N–H and O–H groups in total. The maximum atomic E-state index is 3.85. The van der Waals surface area contributed by atoms with E-state index in [0.29, 0.717) is 0 Å². The Morgan fingerprint density at radius 1 is 1.11 bits per heavy atom. The van der Waals surface area contributed by atoms with Crippen LogP contribution in [0.1, 0.15) is 26.7 Å². The molecule has 0 rings (SSSR count). The lowest BCUT2D eigenvalue weighted by Gasteiger charge is -2.27. The smallest absolute Gasteiger partial charge is 0.0185 e. The molecule has 0 bridgehead atoms. The summed E-state index contributed by atoms with van der Waals surface area (Å²) < 4.78 is 0. The zero-order chi connectivity index (χ0) is 7.49. The minimum Gasteiger partial charge on any atom is -0.0648 e. The SMILES string of the molecule is [CH2]C([CH2])([CH2])[C](CC)CC. The molecule has 0 fully saturated rings. The van der Waals surface area contributed by atoms with Crippen LogP contribution >= 0.6 is 0 Å². The molecule has 0 aromatic carbocycles. The molecule has 4 radical (unpaired) electrons. The first-order chi connectivity index (χ1) is 4.02. The summed E-state index contributed by atoms with van der Waals surface area (Å²) in [7, 11) is 0. The molecule has 0 saturated carbocycles. The Hall–Kier alpha value is 0. The van der Waals surface area contributed by atoms with E-state index in [4.69, 9.17) is 0 Å². The molecule has 0 heterocycles. The van der Waals surface area contributed by atoms with E-state index in [9.17, 15) is 0 Å². The molecule has 0 heteroatoms. The Bertz CT molecular complexity index is 62.6. The van der Waals surface area contributed by atoms with Crippen LogP contribution in [-0.4, -0.2) is 0 Å². The predicted octanol–water partition coefficient (Wildman–Crippen LogP) is 2.87. The van der Waals surface area contributed by atoms with Crippen molar-refractivity contribution < 1.29 is 0 Å². The highest BCUT2D eigenvalue weighted by Crippen LogP contribution is 2.31. The number of hydrogen-bond donors (Lipinski definition) is 0. The fourth-order valence-corrected chi connectivity index (χ4v) is 1.000. The highest BCUT2D eigenvalue weighted by Gasteiger charge is 2.21. The van der Waals surface area contributed by atoms with E-state index >= 15 is 0 Å². The van der Waals surface area contributed by atoms with Crippen LogP contribution in [0.3, 0.4) is 0 Å². The van der Waals surface area contributed by atoms with E-state index in [2.05, 4.69) is 34.6 Å². The van der Waals surface area contributed by atoms with Gasteiger partial charge in [-0.1, -0.05) is 13.8 Å². The Labute approximate surface area is 59.7 Å². The molecule has 0 aliphatic rings. The fraction of sp³-hybridized carbons (Fsp3) is 0.556. The van der Waals surface area contributed by atoms with Crippen molar-refractivity contribution in [2.75, 3.05) is 0 Å². The first-order valence-electron chi connectivity index (χ1n) is 3.43. The van der Waals surface area contributed by atoms with Gasteiger partial charge in [-0.05, 0) is 44.9 Å². The topological polar surface area (TPSA) is 0 Å². The molecule has 0 spiro atoms. The lowest BCUT2D eigenvalue weighted by atomic mass is 9.78. The molecule has 0 aliphatic heterocycles. The highest BCUT2D eigenvalue weighted by atomic mass is 14.3. The maximum Gasteiger partial charge on any atom is -0.0185 e. The van der Waals surface area contributed by atoms with Crippen LogP contribution < -0.4 is 0 Å². The third-order valence-corrected chi connectivity index (χ3v) is 1.60. The van der Waals surface area contributed by atoms with Crippen molar-refractivity contribution in [2.45, 2.75) is 26.7 Å². The number of rotatable bonds is 3. The third kappa shape index (κ3) is 2.88. The van der Waals surface area contributed by atoms with Gasteiger partial charge in [-0.3, -0.25) is 0 Å². The van der Waals surface area contributed by atoms with Crippen LogP contribution in [0, 0.1) is 32.1 Å². The van der Waals surface area contributed by atoms with Crippen molar-refractivity contribution in [3.63, 3.8) is 0 Å². The quantitative estimate of drug-likeness (QED) is 0.542. The molecule has 0 aromatic rings. The number of hydrogen-bond acceptors (Lipinski definition) is 0. The summed E-state index contributed by atoms with van der Waals surface area (Å²) in [5.74, 6) is 1.34. The second-order valence-corrected chi connectivity index (χ2v) is 2.59. The molecule has 0 saturated heterocycles. The zero-order valence-electron chi connectivity index (χ0n) is 6.54. The zero-order valence-corrected chi connectivity index (χ0v) is 6.54. The molecule has 0 amide bonds. The molecule has 0 atom stereocenters. The van der Waals surface area contributed by atoms with Gasteiger partial charge < -0.3 is 0 Å². The van der Waals surface area contributed by atoms with Gasteiger partial charge in [0.1, 0.15) is 0 Å². The van der Waals surface area contributed by atoms with Gasteiger partial charge in [0.05, 0.1) is 0 Å². The third-order valence-electron chi connectivity index (χ3n) is 1.60. The average Bonchev–Trinajstić information content (AvgIpc) is 1.65. The molecular weight excluding hydrogens is 108 g/mol. The molecule has 0 aliphatic carbocycles. The van der Waals surface area contributed by atoms with Crippen LogP contribution in [0.15, 0.2) is 0 Å². The van der Waals surface area contributed by atoms with Crippen molar-refractivity contribution in [3.05, 3.63) is 26.7 Å². The van der Waals surface area contributed by atoms with Crippen LogP contribution in [0.25, 0.3) is 0 Å². The van der Waals surface area contributed by atoms with Gasteiger partial charge >= 0.3 is 0 Å². The summed E-state index contributed by atoms with van der Waals surface area (Å²) in [5, 5.41) is 0. The minimum absolute atomic E-state index is 0.316. The van der Waals surface area contributed by atoms with E-state index in [1.165, 1.54) is 5.92 Å². The monoisotopic (exact) mass is 124 g/mol. The summed E-state index contributed by atoms with van der Waals surface area (Å²) >= 11 is 0. The first-order valence-corrected chi connectivity index (χ1v) is 3.43. The van der Waals surface area contributed by atoms with Gasteiger partial charge in [0.15, 0.2) is 0 Å². The summed E-state index contributed by atoms with van der Waals surface area (Å²) in [6, 6.07) is 0. The van der Waals surface area contributed by atoms with E-state index < -0.39 is 0 Å². The van der Waals surface area contributed by atoms with Crippen molar-refractivity contribution in [1.29, 1.82) is 0 Å². The lowest BCUT2D eigenvalue weighted by molar-refractivity contribution is 0.552. The second kappa shape index (κ2) is 3.24. The summed E-state index contributed by atoms with van der Waals surface area (Å²) in [4.78, 5) is 0. The van der Waals surface area contributed by atoms with Crippen LogP contribution in [-0.2, 0) is 0 Å². The van der Waals surface area contributed by atoms with Gasteiger partial charge in [-0.25, -0.2) is 0 Å². The van der Waals surface area contributed by atoms with Crippen LogP contribution in [0.2, 0.25) is 0 Å². The largest absolute Gasteiger partial charge is 0.0648 e. The van der Waals surface area contributed by atoms with Gasteiger partial charge in [-0.15, -0.1) is 0 Å². The minimum atomic E-state index is -0.316. The summed E-state index contributed by atoms with van der Waals surface area (Å²) in [5.41, 5.74) is -0.316. The second-order valence-electron chi connectivity index (χ2n) is 2.59. The standard InChI is InChI=1S/C9H16/c1-6-8(7-2)9(3,4)5/h3-7H2,1-2H3. The van der Waals surface area contributed by atoms with Crippen molar-refractivity contribution in [1.82, 2.24) is 0 Å². The Balaban J connectivity index is 3.79. The van der Waals surface area contributed by atoms with Gasteiger partial charge in [0, 0.05) is 0 Å². The fourth-order valence-electron chi connectivity index (χ4n) is 1.000. The van der Waals surface area contributed by atoms with Gasteiger partial charge in [0.25, 0.3) is 0 Å². The Kier molecular flexibility index (Phi) is 3.24. The van der Waals surface area contributed by atoms with Crippen LogP contribution in [0.5, 0.6) is 0 Å². The highest BCUT2D eigenvalue weighted by molar-refractivity contribution is 5.10. The van der Waals surface area contributed by atoms with Gasteiger partial charge in [-0.2, -0.15) is 0 Å². The average molecular weight is 124 g/mol.